The molecule has 3 nitrogen and oxygen atoms in total. The Balaban J connectivity index is 2.31. The van der Waals surface area contributed by atoms with Crippen LogP contribution < -0.4 is 5.32 Å². The second-order valence-electron chi connectivity index (χ2n) is 4.22. The Labute approximate surface area is 111 Å². The number of benzene rings is 1. The van der Waals surface area contributed by atoms with Gasteiger partial charge in [0, 0.05) is 0 Å². The molecule has 1 N–H and O–H groups in total. The second-order valence-corrected chi connectivity index (χ2v) is 5.08. The van der Waals surface area contributed by atoms with Gasteiger partial charge >= 0.3 is 0 Å². The maximum atomic E-state index is 11.5. The lowest BCUT2D eigenvalue weighted by Gasteiger charge is -2.13. The van der Waals surface area contributed by atoms with Crippen molar-refractivity contribution >= 4 is 17.1 Å². The molecule has 2 rings (SSSR count). The van der Waals surface area contributed by atoms with Gasteiger partial charge in [0.1, 0.15) is 0 Å². The fraction of sp³-hybridized carbons (Fsp3) is 0.286. The Hall–Kier alpha value is -1.52. The minimum atomic E-state index is -0.221. The number of hydrogen-bond donors (Lipinski definition) is 1. The summed E-state index contributed by atoms with van der Waals surface area (Å²) in [4.78, 5) is 16.9. The molecule has 0 bridgehead atoms. The number of ketones is 1. The molecule has 2 aromatic rings. The molecule has 4 heteroatoms. The molecular formula is C14H16N2OS. The third kappa shape index (κ3) is 2.49. The van der Waals surface area contributed by atoms with Gasteiger partial charge in [-0.3, -0.25) is 4.79 Å². The summed E-state index contributed by atoms with van der Waals surface area (Å²) in [6, 6.07) is 7.86. The SMILES string of the molecule is CN[C@H](C(C)=O)c1ccc(-c2scnc2C)cc1. The average Bonchev–Trinajstić information content (AvgIpc) is 2.77. The van der Waals surface area contributed by atoms with E-state index in [1.807, 2.05) is 36.7 Å². The number of carbonyl (C=O) groups is 1. The standard InChI is InChI=1S/C14H16N2OS/c1-9-14(18-8-16-9)12-6-4-11(5-7-12)13(15-3)10(2)17/h4-8,13,15H,1-3H3/t13-/m1/s1. The average molecular weight is 260 g/mol. The van der Waals surface area contributed by atoms with Gasteiger partial charge < -0.3 is 5.32 Å². The lowest BCUT2D eigenvalue weighted by Crippen LogP contribution is -2.23. The number of carbonyl (C=O) groups excluding carboxylic acids is 1. The molecule has 0 unspecified atom stereocenters. The highest BCUT2D eigenvalue weighted by Crippen LogP contribution is 2.28. The highest BCUT2D eigenvalue weighted by molar-refractivity contribution is 7.13. The molecule has 0 aliphatic rings. The molecule has 0 saturated heterocycles. The van der Waals surface area contributed by atoms with Gasteiger partial charge in [0.2, 0.25) is 0 Å². The molecule has 0 aliphatic carbocycles. The van der Waals surface area contributed by atoms with Gasteiger partial charge in [-0.25, -0.2) is 4.98 Å². The Morgan fingerprint density at radius 1 is 1.33 bits per heavy atom. The van der Waals surface area contributed by atoms with Gasteiger partial charge in [0.25, 0.3) is 0 Å². The normalized spacial score (nSPS) is 12.4. The van der Waals surface area contributed by atoms with Crippen LogP contribution in [0.1, 0.15) is 24.2 Å². The first-order chi connectivity index (χ1) is 8.63. The van der Waals surface area contributed by atoms with Crippen molar-refractivity contribution in [3.05, 3.63) is 41.0 Å². The molecule has 1 aromatic heterocycles. The predicted molar refractivity (Wildman–Crippen MR) is 74.8 cm³/mol. The van der Waals surface area contributed by atoms with Gasteiger partial charge in [-0.05, 0) is 32.0 Å². The van der Waals surface area contributed by atoms with E-state index >= 15 is 0 Å². The lowest BCUT2D eigenvalue weighted by atomic mass is 10.0. The van der Waals surface area contributed by atoms with Crippen LogP contribution in [0, 0.1) is 6.92 Å². The predicted octanol–water partition coefficient (Wildman–Crippen LogP) is 2.97. The summed E-state index contributed by atoms with van der Waals surface area (Å²) in [5, 5.41) is 3.02. The molecular weight excluding hydrogens is 244 g/mol. The number of aryl methyl sites for hydroxylation is 1. The second kappa shape index (κ2) is 5.42. The van der Waals surface area contributed by atoms with Crippen LogP contribution in [0.15, 0.2) is 29.8 Å². The van der Waals surface area contributed by atoms with E-state index < -0.39 is 0 Å². The molecule has 0 saturated carbocycles. The molecule has 0 aliphatic heterocycles. The summed E-state index contributed by atoms with van der Waals surface area (Å²) in [6.07, 6.45) is 0. The van der Waals surface area contributed by atoms with Crippen molar-refractivity contribution in [1.82, 2.24) is 10.3 Å². The van der Waals surface area contributed by atoms with Crippen LogP contribution in [0.25, 0.3) is 10.4 Å². The zero-order valence-corrected chi connectivity index (χ0v) is 11.5. The Morgan fingerprint density at radius 3 is 2.44 bits per heavy atom. The quantitative estimate of drug-likeness (QED) is 0.919. The van der Waals surface area contributed by atoms with Crippen molar-refractivity contribution in [2.45, 2.75) is 19.9 Å². The lowest BCUT2D eigenvalue weighted by molar-refractivity contribution is -0.119. The number of nitrogens with zero attached hydrogens (tertiary/aromatic N) is 1. The number of Topliss-reactive ketones (excluding diaryl/α,β-unsaturated/α-hetero) is 1. The van der Waals surface area contributed by atoms with E-state index in [1.165, 1.54) is 4.88 Å². The first-order valence-corrected chi connectivity index (χ1v) is 6.69. The summed E-state index contributed by atoms with van der Waals surface area (Å²) in [5.41, 5.74) is 5.04. The number of aromatic nitrogens is 1. The highest BCUT2D eigenvalue weighted by Gasteiger charge is 2.14. The molecule has 94 valence electrons. The van der Waals surface area contributed by atoms with Crippen LogP contribution in [0.3, 0.4) is 0 Å². The van der Waals surface area contributed by atoms with Crippen LogP contribution in [0.5, 0.6) is 0 Å². The molecule has 0 amide bonds. The van der Waals surface area contributed by atoms with Gasteiger partial charge in [0.05, 0.1) is 22.1 Å². The maximum Gasteiger partial charge on any atom is 0.151 e. The largest absolute Gasteiger partial charge is 0.307 e. The van der Waals surface area contributed by atoms with Crippen molar-refractivity contribution in [2.75, 3.05) is 7.05 Å². The Kier molecular flexibility index (Phi) is 3.89. The third-order valence-electron chi connectivity index (χ3n) is 2.95. The zero-order valence-electron chi connectivity index (χ0n) is 10.7. The summed E-state index contributed by atoms with van der Waals surface area (Å²) in [5.74, 6) is 0.124. The summed E-state index contributed by atoms with van der Waals surface area (Å²) in [6.45, 7) is 3.61. The van der Waals surface area contributed by atoms with Crippen LogP contribution in [-0.4, -0.2) is 17.8 Å². The first-order valence-electron chi connectivity index (χ1n) is 5.81. The van der Waals surface area contributed by atoms with Crippen LogP contribution in [0.2, 0.25) is 0 Å². The zero-order chi connectivity index (χ0) is 13.1. The molecule has 0 radical (unpaired) electrons. The highest BCUT2D eigenvalue weighted by atomic mass is 32.1. The molecule has 0 fully saturated rings. The van der Waals surface area contributed by atoms with Gasteiger partial charge in [0.15, 0.2) is 5.78 Å². The molecule has 1 atom stereocenters. The van der Waals surface area contributed by atoms with Crippen molar-refractivity contribution in [1.29, 1.82) is 0 Å². The number of hydrogen-bond acceptors (Lipinski definition) is 4. The molecule has 1 aromatic carbocycles. The van der Waals surface area contributed by atoms with Gasteiger partial charge in [-0.1, -0.05) is 24.3 Å². The minimum Gasteiger partial charge on any atom is -0.307 e. The smallest absolute Gasteiger partial charge is 0.151 e. The fourth-order valence-corrected chi connectivity index (χ4v) is 2.82. The fourth-order valence-electron chi connectivity index (χ4n) is 2.01. The van der Waals surface area contributed by atoms with Crippen molar-refractivity contribution in [2.24, 2.45) is 0 Å². The molecule has 18 heavy (non-hydrogen) atoms. The number of thiazole rings is 1. The van der Waals surface area contributed by atoms with E-state index in [0.717, 1.165) is 16.8 Å². The third-order valence-corrected chi connectivity index (χ3v) is 3.92. The van der Waals surface area contributed by atoms with E-state index in [-0.39, 0.29) is 11.8 Å². The van der Waals surface area contributed by atoms with Crippen molar-refractivity contribution in [3.63, 3.8) is 0 Å². The number of rotatable bonds is 4. The molecule has 0 spiro atoms. The van der Waals surface area contributed by atoms with Crippen molar-refractivity contribution in [3.8, 4) is 10.4 Å². The monoisotopic (exact) mass is 260 g/mol. The van der Waals surface area contributed by atoms with Gasteiger partial charge in [-0.15, -0.1) is 11.3 Å². The minimum absolute atomic E-state index is 0.124. The summed E-state index contributed by atoms with van der Waals surface area (Å²) >= 11 is 1.64. The van der Waals surface area contributed by atoms with Crippen LogP contribution in [-0.2, 0) is 4.79 Å². The topological polar surface area (TPSA) is 42.0 Å². The number of nitrogens with one attached hydrogen (secondary N) is 1. The molecule has 1 heterocycles. The first kappa shape index (κ1) is 12.9. The van der Waals surface area contributed by atoms with Crippen molar-refractivity contribution < 1.29 is 4.79 Å². The van der Waals surface area contributed by atoms with Crippen LogP contribution >= 0.6 is 11.3 Å². The summed E-state index contributed by atoms with van der Waals surface area (Å²) < 4.78 is 0. The van der Waals surface area contributed by atoms with E-state index in [9.17, 15) is 4.79 Å². The van der Waals surface area contributed by atoms with E-state index in [1.54, 1.807) is 25.3 Å². The van der Waals surface area contributed by atoms with Crippen LogP contribution in [0.4, 0.5) is 0 Å². The van der Waals surface area contributed by atoms with E-state index in [2.05, 4.69) is 10.3 Å². The number of likely N-dealkylation sites (N-methyl/N-ethyl adjacent to an activating group) is 1. The van der Waals surface area contributed by atoms with E-state index in [0.29, 0.717) is 0 Å². The van der Waals surface area contributed by atoms with E-state index in [4.69, 9.17) is 0 Å². The summed E-state index contributed by atoms with van der Waals surface area (Å²) in [7, 11) is 1.80. The Morgan fingerprint density at radius 2 is 2.00 bits per heavy atom. The Bertz CT molecular complexity index is 545. The maximum absolute atomic E-state index is 11.5. The van der Waals surface area contributed by atoms with Gasteiger partial charge in [-0.2, -0.15) is 0 Å².